The third kappa shape index (κ3) is 2.49. The zero-order valence-corrected chi connectivity index (χ0v) is 6.48. The average Bonchev–Trinajstić information content (AvgIpc) is 1.87. The van der Waals surface area contributed by atoms with Crippen molar-refractivity contribution in [3.8, 4) is 0 Å². The second-order valence-electron chi connectivity index (χ2n) is 2.26. The third-order valence-electron chi connectivity index (χ3n) is 1.46. The van der Waals surface area contributed by atoms with Crippen molar-refractivity contribution in [2.24, 2.45) is 5.73 Å². The van der Waals surface area contributed by atoms with Crippen molar-refractivity contribution in [1.82, 2.24) is 0 Å². The lowest BCUT2D eigenvalue weighted by Gasteiger charge is -1.99. The predicted molar refractivity (Wildman–Crippen MR) is 42.4 cm³/mol. The fourth-order valence-corrected chi connectivity index (χ4v) is 0.580. The van der Waals surface area contributed by atoms with Crippen LogP contribution in [0.1, 0.15) is 20.3 Å². The number of hydrogen-bond donors (Lipinski definition) is 1. The maximum absolute atomic E-state index is 10.5. The van der Waals surface area contributed by atoms with E-state index < -0.39 is 0 Å². The van der Waals surface area contributed by atoms with Crippen molar-refractivity contribution in [1.29, 1.82) is 0 Å². The number of nitrogens with two attached hydrogens (primary N) is 1. The summed E-state index contributed by atoms with van der Waals surface area (Å²) in [5.74, 6) is -0.348. The van der Waals surface area contributed by atoms with E-state index >= 15 is 0 Å². The fraction of sp³-hybridized carbons (Fsp3) is 0.375. The molecule has 2 N–H and O–H groups in total. The van der Waals surface area contributed by atoms with Crippen LogP contribution in [0.15, 0.2) is 23.8 Å². The van der Waals surface area contributed by atoms with Crippen LogP contribution < -0.4 is 5.73 Å². The fourth-order valence-electron chi connectivity index (χ4n) is 0.580. The van der Waals surface area contributed by atoms with Crippen molar-refractivity contribution < 1.29 is 4.79 Å². The first-order valence-electron chi connectivity index (χ1n) is 3.16. The Kier molecular flexibility index (Phi) is 3.47. The molecule has 0 aliphatic carbocycles. The minimum atomic E-state index is -0.348. The summed E-state index contributed by atoms with van der Waals surface area (Å²) in [6.45, 7) is 7.16. The van der Waals surface area contributed by atoms with Gasteiger partial charge in [0.2, 0.25) is 5.91 Å². The molecule has 1 amide bonds. The van der Waals surface area contributed by atoms with Gasteiger partial charge in [-0.25, -0.2) is 0 Å². The lowest BCUT2D eigenvalue weighted by atomic mass is 10.1. The monoisotopic (exact) mass is 139 g/mol. The van der Waals surface area contributed by atoms with Gasteiger partial charge in [0.1, 0.15) is 0 Å². The predicted octanol–water partition coefficient (Wildman–Crippen LogP) is 1.38. The second-order valence-corrected chi connectivity index (χ2v) is 2.26. The van der Waals surface area contributed by atoms with Gasteiger partial charge >= 0.3 is 0 Å². The van der Waals surface area contributed by atoms with Gasteiger partial charge in [-0.05, 0) is 20.3 Å². The molecule has 0 heterocycles. The summed E-state index contributed by atoms with van der Waals surface area (Å²) in [7, 11) is 0. The number of amides is 1. The summed E-state index contributed by atoms with van der Waals surface area (Å²) < 4.78 is 0. The topological polar surface area (TPSA) is 43.1 Å². The summed E-state index contributed by atoms with van der Waals surface area (Å²) in [6.07, 6.45) is 2.48. The van der Waals surface area contributed by atoms with Crippen molar-refractivity contribution in [3.05, 3.63) is 23.8 Å². The van der Waals surface area contributed by atoms with Crippen LogP contribution in [-0.4, -0.2) is 5.91 Å². The summed E-state index contributed by atoms with van der Waals surface area (Å²) in [6, 6.07) is 0. The Morgan fingerprint density at radius 1 is 1.60 bits per heavy atom. The summed E-state index contributed by atoms with van der Waals surface area (Å²) in [4.78, 5) is 10.5. The molecule has 2 nitrogen and oxygen atoms in total. The van der Waals surface area contributed by atoms with Crippen LogP contribution in [0.3, 0.4) is 0 Å². The highest BCUT2D eigenvalue weighted by Crippen LogP contribution is 2.06. The molecule has 0 radical (unpaired) electrons. The molecule has 0 unspecified atom stereocenters. The molecule has 0 aromatic heterocycles. The van der Waals surface area contributed by atoms with Gasteiger partial charge < -0.3 is 5.73 Å². The lowest BCUT2D eigenvalue weighted by Crippen LogP contribution is -2.12. The minimum absolute atomic E-state index is 0.348. The summed E-state index contributed by atoms with van der Waals surface area (Å²) in [5.41, 5.74) is 6.66. The molecule has 0 bridgehead atoms. The molecule has 56 valence electrons. The second kappa shape index (κ2) is 3.88. The van der Waals surface area contributed by atoms with E-state index in [0.29, 0.717) is 5.57 Å². The Bertz CT molecular complexity index is 180. The molecule has 2 heteroatoms. The Morgan fingerprint density at radius 3 is 2.40 bits per heavy atom. The number of rotatable bonds is 3. The average molecular weight is 139 g/mol. The smallest absolute Gasteiger partial charge is 0.244 e. The first-order valence-corrected chi connectivity index (χ1v) is 3.16. The molecule has 0 aliphatic rings. The molecule has 0 spiro atoms. The molecule has 0 atom stereocenters. The van der Waals surface area contributed by atoms with Crippen LogP contribution in [0, 0.1) is 0 Å². The minimum Gasteiger partial charge on any atom is -0.366 e. The van der Waals surface area contributed by atoms with Crippen molar-refractivity contribution in [3.63, 3.8) is 0 Å². The number of allylic oxidation sites excluding steroid dienone is 2. The van der Waals surface area contributed by atoms with E-state index in [1.54, 1.807) is 13.0 Å². The molecular weight excluding hydrogens is 126 g/mol. The van der Waals surface area contributed by atoms with Crippen LogP contribution in [0.2, 0.25) is 0 Å². The Hall–Kier alpha value is -1.05. The van der Waals surface area contributed by atoms with E-state index in [2.05, 4.69) is 6.58 Å². The maximum Gasteiger partial charge on any atom is 0.244 e. The molecule has 0 fully saturated rings. The van der Waals surface area contributed by atoms with Crippen LogP contribution >= 0.6 is 0 Å². The molecule has 0 saturated heterocycles. The molecule has 10 heavy (non-hydrogen) atoms. The molecule has 0 rings (SSSR count). The largest absolute Gasteiger partial charge is 0.366 e. The highest BCUT2D eigenvalue weighted by Gasteiger charge is 1.99. The van der Waals surface area contributed by atoms with E-state index in [0.717, 1.165) is 12.0 Å². The first kappa shape index (κ1) is 8.95. The van der Waals surface area contributed by atoms with Gasteiger partial charge in [-0.2, -0.15) is 0 Å². The van der Waals surface area contributed by atoms with Gasteiger partial charge in [0.15, 0.2) is 0 Å². The van der Waals surface area contributed by atoms with E-state index in [9.17, 15) is 4.79 Å². The van der Waals surface area contributed by atoms with E-state index in [1.165, 1.54) is 0 Å². The Labute approximate surface area is 61.4 Å². The molecule has 0 aromatic carbocycles. The number of hydrogen-bond acceptors (Lipinski definition) is 1. The Morgan fingerprint density at radius 2 is 2.10 bits per heavy atom. The molecular formula is C8H13NO. The van der Waals surface area contributed by atoms with E-state index in [1.807, 2.05) is 6.92 Å². The summed E-state index contributed by atoms with van der Waals surface area (Å²) in [5, 5.41) is 0. The molecule has 0 aromatic rings. The lowest BCUT2D eigenvalue weighted by molar-refractivity contribution is -0.114. The highest BCUT2D eigenvalue weighted by molar-refractivity contribution is 5.92. The van der Waals surface area contributed by atoms with E-state index in [-0.39, 0.29) is 5.91 Å². The highest BCUT2D eigenvalue weighted by atomic mass is 16.1. The SMILES string of the molecule is C=CCC(C)=C(C)C(N)=O. The van der Waals surface area contributed by atoms with E-state index in [4.69, 9.17) is 5.73 Å². The van der Waals surface area contributed by atoms with Crippen LogP contribution in [-0.2, 0) is 4.79 Å². The number of primary amides is 1. The summed E-state index contributed by atoms with van der Waals surface area (Å²) >= 11 is 0. The molecule has 0 aliphatic heterocycles. The van der Waals surface area contributed by atoms with Crippen molar-refractivity contribution in [2.75, 3.05) is 0 Å². The van der Waals surface area contributed by atoms with Gasteiger partial charge in [-0.15, -0.1) is 6.58 Å². The van der Waals surface area contributed by atoms with Crippen molar-refractivity contribution in [2.45, 2.75) is 20.3 Å². The van der Waals surface area contributed by atoms with Gasteiger partial charge in [0.25, 0.3) is 0 Å². The number of carbonyl (C=O) groups excluding carboxylic acids is 1. The van der Waals surface area contributed by atoms with Crippen LogP contribution in [0.4, 0.5) is 0 Å². The standard InChI is InChI=1S/C8H13NO/c1-4-5-6(2)7(3)8(9)10/h4H,1,5H2,2-3H3,(H2,9,10). The van der Waals surface area contributed by atoms with Gasteiger partial charge in [-0.3, -0.25) is 4.79 Å². The van der Waals surface area contributed by atoms with Crippen molar-refractivity contribution >= 4 is 5.91 Å². The van der Waals surface area contributed by atoms with Gasteiger partial charge in [-0.1, -0.05) is 11.6 Å². The normalized spacial score (nSPS) is 12.2. The maximum atomic E-state index is 10.5. The van der Waals surface area contributed by atoms with Gasteiger partial charge in [0, 0.05) is 5.57 Å². The number of carbonyl (C=O) groups is 1. The van der Waals surface area contributed by atoms with Crippen LogP contribution in [0.25, 0.3) is 0 Å². The quantitative estimate of drug-likeness (QED) is 0.466. The first-order chi connectivity index (χ1) is 4.59. The van der Waals surface area contributed by atoms with Gasteiger partial charge in [0.05, 0.1) is 0 Å². The van der Waals surface area contributed by atoms with Crippen LogP contribution in [0.5, 0.6) is 0 Å². The third-order valence-corrected chi connectivity index (χ3v) is 1.46. The zero-order chi connectivity index (χ0) is 8.15. The Balaban J connectivity index is 4.33. The zero-order valence-electron chi connectivity index (χ0n) is 6.48. The molecule has 0 saturated carbocycles.